The second kappa shape index (κ2) is 10.3. The van der Waals surface area contributed by atoms with Gasteiger partial charge in [0.15, 0.2) is 0 Å². The number of aromatic amines is 1. The second-order valence-corrected chi connectivity index (χ2v) is 14.4. The maximum atomic E-state index is 13.7. The Morgan fingerprint density at radius 2 is 1.84 bits per heavy atom. The van der Waals surface area contributed by atoms with E-state index < -0.39 is 20.7 Å². The van der Waals surface area contributed by atoms with E-state index in [1.165, 1.54) is 36.5 Å². The van der Waals surface area contributed by atoms with Crippen molar-refractivity contribution >= 4 is 38.2 Å². The topological polar surface area (TPSA) is 191 Å². The van der Waals surface area contributed by atoms with Crippen molar-refractivity contribution in [1.29, 1.82) is 0 Å². The molecular weight excluding hydrogens is 586 g/mol. The Morgan fingerprint density at radius 3 is 2.57 bits per heavy atom. The molecule has 5 N–H and O–H groups in total. The number of fused-ring (bicyclic) bond motifs is 1. The van der Waals surface area contributed by atoms with Gasteiger partial charge in [0.2, 0.25) is 9.84 Å². The van der Waals surface area contributed by atoms with Crippen molar-refractivity contribution < 1.29 is 28.0 Å². The van der Waals surface area contributed by atoms with Gasteiger partial charge in [-0.15, -0.1) is 0 Å². The third-order valence-corrected chi connectivity index (χ3v) is 11.4. The van der Waals surface area contributed by atoms with E-state index in [1.54, 1.807) is 18.3 Å². The monoisotopic (exact) mass is 617 g/mol. The number of nitro groups is 1. The summed E-state index contributed by atoms with van der Waals surface area (Å²) in [6, 6.07) is 10.9. The van der Waals surface area contributed by atoms with Gasteiger partial charge in [-0.25, -0.2) is 13.4 Å². The second-order valence-electron chi connectivity index (χ2n) is 12.5. The number of nitrogens with one attached hydrogen (secondary N) is 2. The molecule has 44 heavy (non-hydrogen) atoms. The molecule has 13 heteroatoms. The zero-order valence-corrected chi connectivity index (χ0v) is 24.4. The highest BCUT2D eigenvalue weighted by Crippen LogP contribution is 2.60. The van der Waals surface area contributed by atoms with Crippen LogP contribution in [0.1, 0.15) is 42.5 Å². The number of anilines is 1. The highest BCUT2D eigenvalue weighted by molar-refractivity contribution is 7.91. The zero-order valence-electron chi connectivity index (χ0n) is 23.6. The van der Waals surface area contributed by atoms with Gasteiger partial charge in [0.25, 0.3) is 11.6 Å². The van der Waals surface area contributed by atoms with Crippen molar-refractivity contribution in [2.45, 2.75) is 48.0 Å². The van der Waals surface area contributed by atoms with Crippen LogP contribution in [0.5, 0.6) is 11.5 Å². The molecule has 228 valence electrons. The Bertz CT molecular complexity index is 1910. The van der Waals surface area contributed by atoms with Gasteiger partial charge in [0.1, 0.15) is 22.8 Å². The molecule has 4 aromatic rings. The van der Waals surface area contributed by atoms with Crippen LogP contribution in [-0.2, 0) is 9.84 Å². The fraction of sp³-hybridized carbons (Fsp3) is 0.355. The molecule has 4 fully saturated rings. The van der Waals surface area contributed by atoms with Crippen LogP contribution in [0.25, 0.3) is 11.0 Å². The molecule has 4 aliphatic carbocycles. The van der Waals surface area contributed by atoms with Gasteiger partial charge >= 0.3 is 0 Å². The van der Waals surface area contributed by atoms with Crippen LogP contribution < -0.4 is 15.8 Å². The third-order valence-electron chi connectivity index (χ3n) is 9.61. The number of carbonyl (C=O) groups excluding carboxylic acids is 1. The normalized spacial score (nSPS) is 25.7. The van der Waals surface area contributed by atoms with E-state index in [0.717, 1.165) is 43.6 Å². The van der Waals surface area contributed by atoms with Crippen LogP contribution in [0.3, 0.4) is 0 Å². The summed E-state index contributed by atoms with van der Waals surface area (Å²) in [4.78, 5) is 30.3. The van der Waals surface area contributed by atoms with E-state index in [1.807, 2.05) is 0 Å². The van der Waals surface area contributed by atoms with Crippen molar-refractivity contribution in [3.63, 3.8) is 0 Å². The molecule has 2 unspecified atom stereocenters. The number of primary amides is 1. The average Bonchev–Trinajstić information content (AvgIpc) is 3.46. The summed E-state index contributed by atoms with van der Waals surface area (Å²) in [7, 11) is -4.27. The Hall–Kier alpha value is -4.49. The number of pyridine rings is 1. The molecule has 2 atom stereocenters. The SMILES string of the molecule is NC(=O)c1ccc(S(=O)(=O)c2ccc(NCC34CC5CC(C3)C(O)C(C5)C4)c([N+](=O)[O-])c2)cc1Oc1cnc2[nH]ccc2c1. The van der Waals surface area contributed by atoms with Crippen molar-refractivity contribution in [1.82, 2.24) is 9.97 Å². The molecular formula is C31H31N5O7S. The van der Waals surface area contributed by atoms with E-state index in [-0.39, 0.29) is 61.6 Å². The minimum absolute atomic E-state index is 0.0337. The smallest absolute Gasteiger partial charge is 0.293 e. The molecule has 0 radical (unpaired) electrons. The number of rotatable bonds is 9. The van der Waals surface area contributed by atoms with E-state index in [9.17, 15) is 28.4 Å². The third kappa shape index (κ3) is 4.85. The Morgan fingerprint density at radius 1 is 1.11 bits per heavy atom. The number of aliphatic hydroxyl groups is 1. The Labute approximate surface area is 252 Å². The maximum absolute atomic E-state index is 13.7. The lowest BCUT2D eigenvalue weighted by Gasteiger charge is -2.59. The summed E-state index contributed by atoms with van der Waals surface area (Å²) in [5.41, 5.74) is 5.97. The van der Waals surface area contributed by atoms with Gasteiger partial charge in [-0.2, -0.15) is 0 Å². The fourth-order valence-electron chi connectivity index (χ4n) is 7.84. The largest absolute Gasteiger partial charge is 0.455 e. The van der Waals surface area contributed by atoms with Crippen molar-refractivity contribution in [3.8, 4) is 11.5 Å². The molecule has 2 aromatic heterocycles. The standard InChI is InChI=1S/C31H31N5O7S/c32-29(38)24-3-1-23(11-27(24)43-21-9-18-5-6-33-30(18)34-15-21)44(41,42)22-2-4-25(26(10-22)36(39)40)35-16-31-12-17-7-19(13-31)28(37)20(8-17)14-31/h1-6,9-11,15,17,19-20,28,35,37H,7-8,12-14,16H2,(H2,32,38)(H,33,34). The summed E-state index contributed by atoms with van der Waals surface area (Å²) in [5.74, 6) is 0.459. The van der Waals surface area contributed by atoms with E-state index in [2.05, 4.69) is 15.3 Å². The van der Waals surface area contributed by atoms with E-state index in [0.29, 0.717) is 18.1 Å². The predicted octanol–water partition coefficient (Wildman–Crippen LogP) is 4.79. The number of nitrogens with two attached hydrogens (primary N) is 1. The van der Waals surface area contributed by atoms with Crippen molar-refractivity contribution in [2.75, 3.05) is 11.9 Å². The van der Waals surface area contributed by atoms with Crippen molar-refractivity contribution in [2.24, 2.45) is 28.9 Å². The number of ether oxygens (including phenoxy) is 1. The maximum Gasteiger partial charge on any atom is 0.293 e. The van der Waals surface area contributed by atoms with Crippen LogP contribution >= 0.6 is 0 Å². The minimum atomic E-state index is -4.27. The van der Waals surface area contributed by atoms with Gasteiger partial charge in [-0.3, -0.25) is 14.9 Å². The summed E-state index contributed by atoms with van der Waals surface area (Å²) in [5, 5.41) is 26.7. The highest BCUT2D eigenvalue weighted by Gasteiger charge is 2.54. The van der Waals surface area contributed by atoms with Crippen LogP contribution in [0.4, 0.5) is 11.4 Å². The molecule has 0 spiro atoms. The van der Waals surface area contributed by atoms with Gasteiger partial charge in [-0.1, -0.05) is 0 Å². The molecule has 0 aliphatic heterocycles. The van der Waals surface area contributed by atoms with E-state index >= 15 is 0 Å². The first-order valence-electron chi connectivity index (χ1n) is 14.5. The predicted molar refractivity (Wildman–Crippen MR) is 160 cm³/mol. The number of hydrogen-bond donors (Lipinski definition) is 4. The molecule has 1 amide bonds. The number of carbonyl (C=O) groups is 1. The number of nitrogens with zero attached hydrogens (tertiary/aromatic N) is 2. The first-order chi connectivity index (χ1) is 21.0. The lowest BCUT2D eigenvalue weighted by Crippen LogP contribution is -2.55. The minimum Gasteiger partial charge on any atom is -0.455 e. The Balaban J connectivity index is 1.16. The molecule has 2 aromatic carbocycles. The fourth-order valence-corrected chi connectivity index (χ4v) is 9.14. The van der Waals surface area contributed by atoms with E-state index in [4.69, 9.17) is 10.5 Å². The number of sulfone groups is 1. The van der Waals surface area contributed by atoms with Crippen LogP contribution in [-0.4, -0.2) is 47.0 Å². The van der Waals surface area contributed by atoms with Crippen LogP contribution in [0.15, 0.2) is 70.7 Å². The number of H-pyrrole nitrogens is 1. The van der Waals surface area contributed by atoms with Gasteiger partial charge in [-0.05, 0) is 91.7 Å². The lowest BCUT2D eigenvalue weighted by molar-refractivity contribution is -0.384. The quantitative estimate of drug-likeness (QED) is 0.151. The number of aromatic nitrogens is 2. The summed E-state index contributed by atoms with van der Waals surface area (Å²) in [6.45, 7) is 0.523. The first kappa shape index (κ1) is 28.3. The average molecular weight is 618 g/mol. The van der Waals surface area contributed by atoms with Crippen LogP contribution in [0, 0.1) is 33.3 Å². The molecule has 0 saturated heterocycles. The molecule has 2 heterocycles. The molecule has 4 aliphatic rings. The summed E-state index contributed by atoms with van der Waals surface area (Å²) < 4.78 is 33.3. The molecule has 4 bridgehead atoms. The summed E-state index contributed by atoms with van der Waals surface area (Å²) in [6.07, 6.45) is 7.74. The highest BCUT2D eigenvalue weighted by atomic mass is 32.2. The number of aliphatic hydroxyl groups excluding tert-OH is 1. The van der Waals surface area contributed by atoms with Crippen molar-refractivity contribution in [3.05, 3.63) is 76.6 Å². The van der Waals surface area contributed by atoms with Gasteiger partial charge < -0.3 is 25.9 Å². The van der Waals surface area contributed by atoms with Gasteiger partial charge in [0.05, 0.1) is 32.6 Å². The first-order valence-corrected chi connectivity index (χ1v) is 16.0. The number of amides is 1. The summed E-state index contributed by atoms with van der Waals surface area (Å²) >= 11 is 0. The number of benzene rings is 2. The number of hydrogen-bond acceptors (Lipinski definition) is 9. The number of nitro benzene ring substituents is 1. The molecule has 8 rings (SSSR count). The molecule has 12 nitrogen and oxygen atoms in total. The van der Waals surface area contributed by atoms with Gasteiger partial charge in [0, 0.05) is 30.3 Å². The molecule has 4 saturated carbocycles. The lowest BCUT2D eigenvalue weighted by atomic mass is 9.48. The Kier molecular flexibility index (Phi) is 6.63. The van der Waals surface area contributed by atoms with Crippen LogP contribution in [0.2, 0.25) is 0 Å². The zero-order chi connectivity index (χ0) is 30.8.